The van der Waals surface area contributed by atoms with Gasteiger partial charge in [0.2, 0.25) is 11.8 Å². The monoisotopic (exact) mass is 444 g/mol. The number of hydrogen-bond donors (Lipinski definition) is 2. The second-order valence-electron chi connectivity index (χ2n) is 6.96. The second kappa shape index (κ2) is 9.78. The Hall–Kier alpha value is -2.83. The number of nitrogens with one attached hydrogen (secondary N) is 2. The highest BCUT2D eigenvalue weighted by molar-refractivity contribution is 6.30. The summed E-state index contributed by atoms with van der Waals surface area (Å²) in [6.45, 7) is 1.42. The average molecular weight is 445 g/mol. The van der Waals surface area contributed by atoms with Gasteiger partial charge in [-0.1, -0.05) is 47.5 Å². The van der Waals surface area contributed by atoms with Crippen molar-refractivity contribution < 1.29 is 9.59 Å². The number of halogens is 2. The number of aryl methyl sites for hydroxylation is 1. The van der Waals surface area contributed by atoms with Gasteiger partial charge in [0.05, 0.1) is 12.5 Å². The van der Waals surface area contributed by atoms with E-state index < -0.39 is 12.1 Å². The van der Waals surface area contributed by atoms with Gasteiger partial charge < -0.3 is 15.2 Å². The van der Waals surface area contributed by atoms with E-state index in [9.17, 15) is 9.59 Å². The van der Waals surface area contributed by atoms with Gasteiger partial charge in [0.15, 0.2) is 0 Å². The molecule has 2 N–H and O–H groups in total. The minimum atomic E-state index is -0.480. The molecule has 2 amide bonds. The predicted octanol–water partition coefficient (Wildman–Crippen LogP) is 4.20. The van der Waals surface area contributed by atoms with Crippen LogP contribution in [0.3, 0.4) is 0 Å². The molecular formula is C22H22Cl2N4O2. The van der Waals surface area contributed by atoms with Gasteiger partial charge in [0.25, 0.3) is 0 Å². The normalized spacial score (nSPS) is 12.8. The van der Waals surface area contributed by atoms with Crippen LogP contribution in [0.1, 0.15) is 42.4 Å². The number of benzene rings is 2. The van der Waals surface area contributed by atoms with Crippen molar-refractivity contribution in [3.63, 3.8) is 0 Å². The SMILES string of the molecule is CC(=O)NC(CC(=O)NC(c1ccc(Cl)cc1)c1nccn1C)c1ccc(Cl)cc1. The van der Waals surface area contributed by atoms with Crippen LogP contribution in [-0.2, 0) is 16.6 Å². The van der Waals surface area contributed by atoms with E-state index in [0.29, 0.717) is 15.9 Å². The molecule has 30 heavy (non-hydrogen) atoms. The molecule has 0 spiro atoms. The molecule has 156 valence electrons. The summed E-state index contributed by atoms with van der Waals surface area (Å²) in [4.78, 5) is 29.1. The van der Waals surface area contributed by atoms with E-state index in [-0.39, 0.29) is 18.2 Å². The van der Waals surface area contributed by atoms with Crippen LogP contribution >= 0.6 is 23.2 Å². The highest BCUT2D eigenvalue weighted by Gasteiger charge is 2.23. The largest absolute Gasteiger partial charge is 0.349 e. The molecule has 2 aromatic carbocycles. The van der Waals surface area contributed by atoms with Crippen LogP contribution < -0.4 is 10.6 Å². The van der Waals surface area contributed by atoms with Gasteiger partial charge >= 0.3 is 0 Å². The maximum atomic E-state index is 13.0. The zero-order valence-corrected chi connectivity index (χ0v) is 18.1. The van der Waals surface area contributed by atoms with E-state index in [4.69, 9.17) is 23.2 Å². The first-order valence-corrected chi connectivity index (χ1v) is 10.1. The third-order valence-electron chi connectivity index (χ3n) is 4.66. The van der Waals surface area contributed by atoms with Crippen molar-refractivity contribution >= 4 is 35.0 Å². The summed E-state index contributed by atoms with van der Waals surface area (Å²) in [5.41, 5.74) is 1.65. The Bertz CT molecular complexity index is 1020. The lowest BCUT2D eigenvalue weighted by Crippen LogP contribution is -2.35. The van der Waals surface area contributed by atoms with Crippen LogP contribution in [0.15, 0.2) is 60.9 Å². The Balaban J connectivity index is 1.83. The molecule has 3 rings (SSSR count). The summed E-state index contributed by atoms with van der Waals surface area (Å²) in [6.07, 6.45) is 3.56. The van der Waals surface area contributed by atoms with E-state index in [1.54, 1.807) is 42.6 Å². The van der Waals surface area contributed by atoms with E-state index in [1.165, 1.54) is 6.92 Å². The summed E-state index contributed by atoms with van der Waals surface area (Å²) < 4.78 is 1.85. The van der Waals surface area contributed by atoms with Crippen LogP contribution in [0.5, 0.6) is 0 Å². The van der Waals surface area contributed by atoms with Crippen molar-refractivity contribution in [2.45, 2.75) is 25.4 Å². The van der Waals surface area contributed by atoms with Crippen molar-refractivity contribution in [2.75, 3.05) is 0 Å². The molecule has 3 aromatic rings. The number of rotatable bonds is 7. The van der Waals surface area contributed by atoms with Crippen LogP contribution in [0.4, 0.5) is 0 Å². The highest BCUT2D eigenvalue weighted by Crippen LogP contribution is 2.24. The van der Waals surface area contributed by atoms with E-state index in [0.717, 1.165) is 11.1 Å². The van der Waals surface area contributed by atoms with Crippen molar-refractivity contribution in [2.24, 2.45) is 7.05 Å². The molecule has 0 aliphatic carbocycles. The number of carbonyl (C=O) groups is 2. The fourth-order valence-electron chi connectivity index (χ4n) is 3.21. The van der Waals surface area contributed by atoms with Crippen molar-refractivity contribution in [3.05, 3.63) is 87.9 Å². The predicted molar refractivity (Wildman–Crippen MR) is 117 cm³/mol. The summed E-state index contributed by atoms with van der Waals surface area (Å²) in [7, 11) is 1.87. The standard InChI is InChI=1S/C22H22Cl2N4O2/c1-14(29)26-19(15-3-7-17(23)8-4-15)13-20(30)27-21(22-25-11-12-28(22)2)16-5-9-18(24)10-6-16/h3-12,19,21H,13H2,1-2H3,(H,26,29)(H,27,30). The third kappa shape index (κ3) is 5.62. The number of nitrogens with zero attached hydrogens (tertiary/aromatic N) is 2. The molecule has 0 aliphatic heterocycles. The maximum Gasteiger partial charge on any atom is 0.223 e. The second-order valence-corrected chi connectivity index (χ2v) is 7.83. The number of amides is 2. The van der Waals surface area contributed by atoms with E-state index >= 15 is 0 Å². The Kier molecular flexibility index (Phi) is 7.13. The Labute approximate surface area is 185 Å². The first-order chi connectivity index (χ1) is 14.3. The Morgan fingerprint density at radius 2 is 1.53 bits per heavy atom. The van der Waals surface area contributed by atoms with Crippen LogP contribution in [0, 0.1) is 0 Å². The molecule has 0 bridgehead atoms. The first kappa shape index (κ1) is 21.9. The summed E-state index contributed by atoms with van der Waals surface area (Å²) in [6, 6.07) is 13.4. The van der Waals surface area contributed by atoms with Gasteiger partial charge in [-0.2, -0.15) is 0 Å². The average Bonchev–Trinajstić information content (AvgIpc) is 3.12. The Morgan fingerprint density at radius 1 is 0.967 bits per heavy atom. The fourth-order valence-corrected chi connectivity index (χ4v) is 3.46. The van der Waals surface area contributed by atoms with Crippen LogP contribution in [0.25, 0.3) is 0 Å². The molecule has 1 heterocycles. The molecule has 0 fully saturated rings. The topological polar surface area (TPSA) is 76.0 Å². The zero-order valence-electron chi connectivity index (χ0n) is 16.6. The summed E-state index contributed by atoms with van der Waals surface area (Å²) >= 11 is 12.0. The molecule has 0 saturated heterocycles. The van der Waals surface area contributed by atoms with Gasteiger partial charge in [-0.25, -0.2) is 4.98 Å². The number of aromatic nitrogens is 2. The molecule has 0 radical (unpaired) electrons. The van der Waals surface area contributed by atoms with Gasteiger partial charge in [0, 0.05) is 36.4 Å². The minimum absolute atomic E-state index is 0.0652. The number of carbonyl (C=O) groups excluding carboxylic acids is 2. The third-order valence-corrected chi connectivity index (χ3v) is 5.17. The fraction of sp³-hybridized carbons (Fsp3) is 0.227. The van der Waals surface area contributed by atoms with Gasteiger partial charge in [0.1, 0.15) is 11.9 Å². The molecule has 0 aliphatic rings. The summed E-state index contributed by atoms with van der Waals surface area (Å²) in [5, 5.41) is 7.06. The maximum absolute atomic E-state index is 13.0. The quantitative estimate of drug-likeness (QED) is 0.573. The first-order valence-electron chi connectivity index (χ1n) is 9.38. The van der Waals surface area contributed by atoms with E-state index in [2.05, 4.69) is 15.6 Å². The summed E-state index contributed by atoms with van der Waals surface area (Å²) in [5.74, 6) is 0.237. The number of imidazole rings is 1. The molecule has 1 aromatic heterocycles. The molecule has 0 saturated carbocycles. The van der Waals surface area contributed by atoms with Crippen molar-refractivity contribution in [3.8, 4) is 0 Å². The molecule has 8 heteroatoms. The van der Waals surface area contributed by atoms with Crippen molar-refractivity contribution in [1.82, 2.24) is 20.2 Å². The van der Waals surface area contributed by atoms with Crippen LogP contribution in [0.2, 0.25) is 10.0 Å². The zero-order chi connectivity index (χ0) is 21.7. The lowest BCUT2D eigenvalue weighted by molar-refractivity contribution is -0.123. The van der Waals surface area contributed by atoms with Gasteiger partial charge in [-0.05, 0) is 35.4 Å². The van der Waals surface area contributed by atoms with Crippen LogP contribution in [-0.4, -0.2) is 21.4 Å². The molecule has 2 atom stereocenters. The molecule has 6 nitrogen and oxygen atoms in total. The Morgan fingerprint density at radius 3 is 2.03 bits per heavy atom. The van der Waals surface area contributed by atoms with E-state index in [1.807, 2.05) is 29.9 Å². The smallest absolute Gasteiger partial charge is 0.223 e. The molecule has 2 unspecified atom stereocenters. The van der Waals surface area contributed by atoms with Crippen molar-refractivity contribution in [1.29, 1.82) is 0 Å². The van der Waals surface area contributed by atoms with Gasteiger partial charge in [-0.15, -0.1) is 0 Å². The number of hydrogen-bond acceptors (Lipinski definition) is 3. The highest BCUT2D eigenvalue weighted by atomic mass is 35.5. The molecular weight excluding hydrogens is 423 g/mol. The van der Waals surface area contributed by atoms with Gasteiger partial charge in [-0.3, -0.25) is 9.59 Å². The minimum Gasteiger partial charge on any atom is -0.349 e. The lowest BCUT2D eigenvalue weighted by Gasteiger charge is -2.22. The lowest BCUT2D eigenvalue weighted by atomic mass is 10.0.